The molecule has 2 amide bonds. The molecule has 2 rings (SSSR count). The molecule has 0 bridgehead atoms. The maximum absolute atomic E-state index is 14.0. The fourth-order valence-corrected chi connectivity index (χ4v) is 2.90. The fraction of sp³-hybridized carbons (Fsp3) is 0.588. The Bertz CT molecular complexity index is 543. The van der Waals surface area contributed by atoms with E-state index in [2.05, 4.69) is 5.32 Å². The zero-order chi connectivity index (χ0) is 17.0. The number of amides is 2. The van der Waals surface area contributed by atoms with E-state index in [0.29, 0.717) is 18.7 Å². The Labute approximate surface area is 135 Å². The lowest BCUT2D eigenvalue weighted by molar-refractivity contribution is 0.134. The number of hydrogen-bond acceptors (Lipinski definition) is 2. The van der Waals surface area contributed by atoms with Gasteiger partial charge in [0.05, 0.1) is 6.04 Å². The molecule has 6 heteroatoms. The third-order valence-electron chi connectivity index (χ3n) is 4.40. The first-order valence-corrected chi connectivity index (χ1v) is 8.03. The van der Waals surface area contributed by atoms with E-state index in [0.717, 1.165) is 18.9 Å². The van der Waals surface area contributed by atoms with Crippen molar-refractivity contribution in [2.75, 3.05) is 19.7 Å². The van der Waals surface area contributed by atoms with E-state index in [9.17, 15) is 13.6 Å². The summed E-state index contributed by atoms with van der Waals surface area (Å²) in [6, 6.07) is 2.66. The van der Waals surface area contributed by atoms with Crippen molar-refractivity contribution in [3.05, 3.63) is 35.4 Å². The molecule has 2 N–H and O–H groups in total. The monoisotopic (exact) mass is 326 g/mol. The lowest BCUT2D eigenvalue weighted by Gasteiger charge is -2.33. The van der Waals surface area contributed by atoms with Crippen LogP contribution in [0.3, 0.4) is 0 Å². The van der Waals surface area contributed by atoms with Gasteiger partial charge in [-0.3, -0.25) is 0 Å². The molecule has 1 saturated heterocycles. The number of halogens is 2. The van der Waals surface area contributed by atoms with Gasteiger partial charge in [-0.05, 0) is 30.7 Å². The summed E-state index contributed by atoms with van der Waals surface area (Å²) in [5.74, 6) is -1.07. The standard InChI is InChI=1S/C17H24F2N2O2/c1-11(2)16(14-4-3-13(18)9-15(14)19)20-17(23)21-7-5-12(10-22)6-8-21/h3-4,9,11-12,16,22H,5-8,10H2,1-2H3,(H,20,23). The van der Waals surface area contributed by atoms with E-state index in [1.165, 1.54) is 12.1 Å². The third kappa shape index (κ3) is 4.41. The van der Waals surface area contributed by atoms with Gasteiger partial charge in [-0.1, -0.05) is 19.9 Å². The summed E-state index contributed by atoms with van der Waals surface area (Å²) >= 11 is 0. The predicted octanol–water partition coefficient (Wildman–Crippen LogP) is 3.08. The van der Waals surface area contributed by atoms with Crippen LogP contribution in [-0.4, -0.2) is 35.7 Å². The first kappa shape index (κ1) is 17.7. The normalized spacial score (nSPS) is 17.4. The molecule has 0 saturated carbocycles. The second-order valence-corrected chi connectivity index (χ2v) is 6.45. The van der Waals surface area contributed by atoms with E-state index in [1.54, 1.807) is 4.90 Å². The summed E-state index contributed by atoms with van der Waals surface area (Å²) in [5, 5.41) is 12.0. The number of benzene rings is 1. The minimum Gasteiger partial charge on any atom is -0.396 e. The van der Waals surface area contributed by atoms with Crippen LogP contribution in [0.25, 0.3) is 0 Å². The molecule has 0 aliphatic carbocycles. The molecular formula is C17H24F2N2O2. The van der Waals surface area contributed by atoms with Crippen LogP contribution in [-0.2, 0) is 0 Å². The molecule has 1 aliphatic heterocycles. The molecule has 1 heterocycles. The average Bonchev–Trinajstić information content (AvgIpc) is 2.53. The molecule has 1 atom stereocenters. The Hall–Kier alpha value is -1.69. The third-order valence-corrected chi connectivity index (χ3v) is 4.40. The number of aliphatic hydroxyl groups is 1. The summed E-state index contributed by atoms with van der Waals surface area (Å²) in [7, 11) is 0. The molecule has 23 heavy (non-hydrogen) atoms. The molecule has 0 spiro atoms. The van der Waals surface area contributed by atoms with Gasteiger partial charge in [0.2, 0.25) is 0 Å². The minimum absolute atomic E-state index is 0.0334. The van der Waals surface area contributed by atoms with Crippen molar-refractivity contribution < 1.29 is 18.7 Å². The summed E-state index contributed by atoms with van der Waals surface area (Å²) in [4.78, 5) is 14.1. The molecule has 1 fully saturated rings. The maximum atomic E-state index is 14.0. The largest absolute Gasteiger partial charge is 0.396 e. The Morgan fingerprint density at radius 3 is 2.52 bits per heavy atom. The van der Waals surface area contributed by atoms with Gasteiger partial charge >= 0.3 is 6.03 Å². The smallest absolute Gasteiger partial charge is 0.317 e. The summed E-state index contributed by atoms with van der Waals surface area (Å²) in [6.07, 6.45) is 1.53. The van der Waals surface area contributed by atoms with Gasteiger partial charge in [0, 0.05) is 31.3 Å². The van der Waals surface area contributed by atoms with E-state index in [-0.39, 0.29) is 24.5 Å². The Kier molecular flexibility index (Phi) is 5.93. The lowest BCUT2D eigenvalue weighted by atomic mass is 9.95. The van der Waals surface area contributed by atoms with E-state index < -0.39 is 17.7 Å². The highest BCUT2D eigenvalue weighted by atomic mass is 19.1. The van der Waals surface area contributed by atoms with Crippen LogP contribution in [0.4, 0.5) is 13.6 Å². The van der Waals surface area contributed by atoms with Crippen LogP contribution >= 0.6 is 0 Å². The number of urea groups is 1. The highest BCUT2D eigenvalue weighted by Crippen LogP contribution is 2.26. The van der Waals surface area contributed by atoms with Gasteiger partial charge in [0.1, 0.15) is 11.6 Å². The van der Waals surface area contributed by atoms with Crippen molar-refractivity contribution in [2.24, 2.45) is 11.8 Å². The zero-order valence-electron chi connectivity index (χ0n) is 13.6. The summed E-state index contributed by atoms with van der Waals surface area (Å²) in [5.41, 5.74) is 0.292. The number of rotatable bonds is 4. The second-order valence-electron chi connectivity index (χ2n) is 6.45. The summed E-state index contributed by atoms with van der Waals surface area (Å²) < 4.78 is 27.1. The lowest BCUT2D eigenvalue weighted by Crippen LogP contribution is -2.46. The van der Waals surface area contributed by atoms with Crippen molar-refractivity contribution in [3.63, 3.8) is 0 Å². The van der Waals surface area contributed by atoms with E-state index >= 15 is 0 Å². The molecular weight excluding hydrogens is 302 g/mol. The van der Waals surface area contributed by atoms with Crippen molar-refractivity contribution in [2.45, 2.75) is 32.7 Å². The van der Waals surface area contributed by atoms with Gasteiger partial charge < -0.3 is 15.3 Å². The Morgan fingerprint density at radius 2 is 2.00 bits per heavy atom. The topological polar surface area (TPSA) is 52.6 Å². The summed E-state index contributed by atoms with van der Waals surface area (Å²) in [6.45, 7) is 5.06. The number of aliphatic hydroxyl groups excluding tert-OH is 1. The first-order chi connectivity index (χ1) is 10.9. The quantitative estimate of drug-likeness (QED) is 0.893. The number of carbonyl (C=O) groups excluding carboxylic acids is 1. The molecule has 4 nitrogen and oxygen atoms in total. The van der Waals surface area contributed by atoms with E-state index in [4.69, 9.17) is 5.11 Å². The first-order valence-electron chi connectivity index (χ1n) is 8.03. The highest BCUT2D eigenvalue weighted by Gasteiger charge is 2.27. The SMILES string of the molecule is CC(C)C(NC(=O)N1CCC(CO)CC1)c1ccc(F)cc1F. The molecule has 1 aromatic rings. The fourth-order valence-electron chi connectivity index (χ4n) is 2.90. The molecule has 1 aliphatic rings. The van der Waals surface area contributed by atoms with Gasteiger partial charge in [-0.25, -0.2) is 13.6 Å². The molecule has 0 aromatic heterocycles. The minimum atomic E-state index is -0.650. The van der Waals surface area contributed by atoms with Crippen LogP contribution in [0, 0.1) is 23.5 Å². The molecule has 1 aromatic carbocycles. The van der Waals surface area contributed by atoms with Gasteiger partial charge in [0.15, 0.2) is 0 Å². The van der Waals surface area contributed by atoms with Gasteiger partial charge in [-0.2, -0.15) is 0 Å². The van der Waals surface area contributed by atoms with Gasteiger partial charge in [0.25, 0.3) is 0 Å². The predicted molar refractivity (Wildman–Crippen MR) is 83.9 cm³/mol. The van der Waals surface area contributed by atoms with Crippen molar-refractivity contribution in [1.29, 1.82) is 0 Å². The van der Waals surface area contributed by atoms with Crippen LogP contribution in [0.1, 0.15) is 38.3 Å². The Morgan fingerprint density at radius 1 is 1.35 bits per heavy atom. The van der Waals surface area contributed by atoms with Crippen LogP contribution in [0.2, 0.25) is 0 Å². The van der Waals surface area contributed by atoms with E-state index in [1.807, 2.05) is 13.8 Å². The van der Waals surface area contributed by atoms with Crippen molar-refractivity contribution in [1.82, 2.24) is 10.2 Å². The average molecular weight is 326 g/mol. The molecule has 0 radical (unpaired) electrons. The number of piperidine rings is 1. The Balaban J connectivity index is 2.06. The number of hydrogen-bond donors (Lipinski definition) is 2. The zero-order valence-corrected chi connectivity index (χ0v) is 13.6. The number of nitrogens with zero attached hydrogens (tertiary/aromatic N) is 1. The van der Waals surface area contributed by atoms with Crippen LogP contribution in [0.15, 0.2) is 18.2 Å². The number of carbonyl (C=O) groups is 1. The van der Waals surface area contributed by atoms with Crippen LogP contribution in [0.5, 0.6) is 0 Å². The van der Waals surface area contributed by atoms with Gasteiger partial charge in [-0.15, -0.1) is 0 Å². The van der Waals surface area contributed by atoms with Crippen molar-refractivity contribution in [3.8, 4) is 0 Å². The van der Waals surface area contributed by atoms with Crippen molar-refractivity contribution >= 4 is 6.03 Å². The number of likely N-dealkylation sites (tertiary alicyclic amines) is 1. The molecule has 1 unspecified atom stereocenters. The van der Waals surface area contributed by atoms with Crippen LogP contribution < -0.4 is 5.32 Å². The highest BCUT2D eigenvalue weighted by molar-refractivity contribution is 5.74. The molecule has 128 valence electrons. The maximum Gasteiger partial charge on any atom is 0.317 e. The number of nitrogens with one attached hydrogen (secondary N) is 1. The second kappa shape index (κ2) is 7.73.